The molecule has 1 N–H and O–H groups in total. The van der Waals surface area contributed by atoms with Gasteiger partial charge in [-0.25, -0.2) is 0 Å². The first-order valence-electron chi connectivity index (χ1n) is 3.97. The van der Waals surface area contributed by atoms with E-state index in [9.17, 15) is 4.79 Å². The monoisotopic (exact) mass is 189 g/mol. The van der Waals surface area contributed by atoms with Crippen molar-refractivity contribution in [1.82, 2.24) is 15.4 Å². The van der Waals surface area contributed by atoms with Gasteiger partial charge in [0, 0.05) is 5.56 Å². The van der Waals surface area contributed by atoms with Gasteiger partial charge < -0.3 is 4.74 Å². The molecule has 2 aromatic rings. The van der Waals surface area contributed by atoms with Crippen molar-refractivity contribution in [3.63, 3.8) is 0 Å². The van der Waals surface area contributed by atoms with E-state index in [0.717, 1.165) is 6.29 Å². The Bertz CT molecular complexity index is 425. The number of benzene rings is 1. The van der Waals surface area contributed by atoms with Crippen LogP contribution in [-0.2, 0) is 0 Å². The second-order valence-corrected chi connectivity index (χ2v) is 2.60. The van der Waals surface area contributed by atoms with Crippen LogP contribution in [0.4, 0.5) is 0 Å². The van der Waals surface area contributed by atoms with E-state index in [1.165, 1.54) is 6.20 Å². The molecule has 0 fully saturated rings. The Labute approximate surface area is 79.7 Å². The number of carbonyl (C=O) groups excluding carboxylic acids is 1. The first-order chi connectivity index (χ1) is 6.88. The fourth-order valence-electron chi connectivity index (χ4n) is 1.01. The van der Waals surface area contributed by atoms with Crippen molar-refractivity contribution >= 4 is 6.29 Å². The van der Waals surface area contributed by atoms with Crippen molar-refractivity contribution in [2.45, 2.75) is 0 Å². The molecule has 70 valence electrons. The number of nitrogens with zero attached hydrogens (tertiary/aromatic N) is 2. The molecule has 5 heteroatoms. The van der Waals surface area contributed by atoms with Gasteiger partial charge in [-0.05, 0) is 12.1 Å². The summed E-state index contributed by atoms with van der Waals surface area (Å²) in [6.07, 6.45) is 2.21. The van der Waals surface area contributed by atoms with E-state index in [-0.39, 0.29) is 0 Å². The van der Waals surface area contributed by atoms with Crippen molar-refractivity contribution < 1.29 is 9.53 Å². The highest BCUT2D eigenvalue weighted by molar-refractivity contribution is 5.75. The normalized spacial score (nSPS) is 9.71. The summed E-state index contributed by atoms with van der Waals surface area (Å²) in [6, 6.07) is 6.80. The van der Waals surface area contributed by atoms with Gasteiger partial charge in [-0.1, -0.05) is 12.1 Å². The van der Waals surface area contributed by atoms with Gasteiger partial charge in [-0.3, -0.25) is 4.79 Å². The van der Waals surface area contributed by atoms with Crippen molar-refractivity contribution in [3.05, 3.63) is 36.0 Å². The molecule has 5 nitrogen and oxygen atoms in total. The highest BCUT2D eigenvalue weighted by Crippen LogP contribution is 2.18. The predicted molar refractivity (Wildman–Crippen MR) is 48.3 cm³/mol. The Kier molecular flexibility index (Phi) is 2.22. The van der Waals surface area contributed by atoms with Gasteiger partial charge in [-0.15, -0.1) is 5.10 Å². The van der Waals surface area contributed by atoms with E-state index in [4.69, 9.17) is 4.74 Å². The molecular weight excluding hydrogens is 182 g/mol. The van der Waals surface area contributed by atoms with Crippen LogP contribution in [0.2, 0.25) is 0 Å². The van der Waals surface area contributed by atoms with E-state index in [2.05, 4.69) is 15.4 Å². The van der Waals surface area contributed by atoms with Gasteiger partial charge in [0.25, 0.3) is 5.88 Å². The lowest BCUT2D eigenvalue weighted by molar-refractivity contribution is 0.112. The zero-order valence-electron chi connectivity index (χ0n) is 7.18. The second-order valence-electron chi connectivity index (χ2n) is 2.60. The molecule has 0 saturated heterocycles. The number of aldehydes is 1. The molecule has 0 amide bonds. The summed E-state index contributed by atoms with van der Waals surface area (Å²) in [6.45, 7) is 0. The van der Waals surface area contributed by atoms with Gasteiger partial charge in [0.1, 0.15) is 18.2 Å². The SMILES string of the molecule is O=Cc1cccc(Oc2cn[nH]n2)c1. The van der Waals surface area contributed by atoms with Crippen LogP contribution < -0.4 is 4.74 Å². The lowest BCUT2D eigenvalue weighted by atomic mass is 10.2. The van der Waals surface area contributed by atoms with Crippen molar-refractivity contribution in [2.75, 3.05) is 0 Å². The maximum atomic E-state index is 10.5. The van der Waals surface area contributed by atoms with Crippen LogP contribution in [0.25, 0.3) is 0 Å². The topological polar surface area (TPSA) is 67.9 Å². The quantitative estimate of drug-likeness (QED) is 0.741. The molecule has 0 aliphatic rings. The van der Waals surface area contributed by atoms with E-state index in [1.807, 2.05) is 0 Å². The Morgan fingerprint density at radius 1 is 1.43 bits per heavy atom. The molecule has 0 aliphatic heterocycles. The molecule has 1 aromatic carbocycles. The number of rotatable bonds is 3. The van der Waals surface area contributed by atoms with Crippen LogP contribution >= 0.6 is 0 Å². The highest BCUT2D eigenvalue weighted by atomic mass is 16.5. The number of hydrogen-bond donors (Lipinski definition) is 1. The minimum absolute atomic E-state index is 0.369. The number of aromatic nitrogens is 3. The van der Waals surface area contributed by atoms with Gasteiger partial charge >= 0.3 is 0 Å². The minimum Gasteiger partial charge on any atom is -0.436 e. The first kappa shape index (κ1) is 8.43. The van der Waals surface area contributed by atoms with Crippen LogP contribution in [0.5, 0.6) is 11.6 Å². The zero-order chi connectivity index (χ0) is 9.80. The third-order valence-corrected chi connectivity index (χ3v) is 1.61. The molecular formula is C9H7N3O2. The fraction of sp³-hybridized carbons (Fsp3) is 0. The zero-order valence-corrected chi connectivity index (χ0v) is 7.18. The van der Waals surface area contributed by atoms with Crippen molar-refractivity contribution in [2.24, 2.45) is 0 Å². The van der Waals surface area contributed by atoms with Gasteiger partial charge in [0.05, 0.1) is 0 Å². The smallest absolute Gasteiger partial charge is 0.258 e. The van der Waals surface area contributed by atoms with E-state index < -0.39 is 0 Å². The maximum Gasteiger partial charge on any atom is 0.258 e. The van der Waals surface area contributed by atoms with E-state index in [1.54, 1.807) is 24.3 Å². The van der Waals surface area contributed by atoms with Gasteiger partial charge in [0.2, 0.25) is 0 Å². The average Bonchev–Trinajstić information content (AvgIpc) is 2.71. The third kappa shape index (κ3) is 1.77. The van der Waals surface area contributed by atoms with Crippen LogP contribution in [0.3, 0.4) is 0 Å². The van der Waals surface area contributed by atoms with Crippen LogP contribution in [0, 0.1) is 0 Å². The molecule has 0 saturated carbocycles. The number of hydrogen-bond acceptors (Lipinski definition) is 4. The fourth-order valence-corrected chi connectivity index (χ4v) is 1.01. The van der Waals surface area contributed by atoms with Gasteiger partial charge in [-0.2, -0.15) is 10.3 Å². The molecule has 2 rings (SSSR count). The minimum atomic E-state index is 0.369. The third-order valence-electron chi connectivity index (χ3n) is 1.61. The second kappa shape index (κ2) is 3.69. The number of ether oxygens (including phenoxy) is 1. The summed E-state index contributed by atoms with van der Waals surface area (Å²) in [7, 11) is 0. The van der Waals surface area contributed by atoms with Crippen LogP contribution in [0.15, 0.2) is 30.5 Å². The largest absolute Gasteiger partial charge is 0.436 e. The molecule has 1 aromatic heterocycles. The Balaban J connectivity index is 2.21. The number of nitrogens with one attached hydrogen (secondary N) is 1. The van der Waals surface area contributed by atoms with Crippen molar-refractivity contribution in [1.29, 1.82) is 0 Å². The lowest BCUT2D eigenvalue weighted by Crippen LogP contribution is -1.86. The van der Waals surface area contributed by atoms with Gasteiger partial charge in [0.15, 0.2) is 0 Å². The number of H-pyrrole nitrogens is 1. The van der Waals surface area contributed by atoms with E-state index >= 15 is 0 Å². The molecule has 14 heavy (non-hydrogen) atoms. The predicted octanol–water partition coefficient (Wildman–Crippen LogP) is 1.41. The summed E-state index contributed by atoms with van der Waals surface area (Å²) in [5.41, 5.74) is 0.561. The molecule has 0 bridgehead atoms. The van der Waals surface area contributed by atoms with Crippen molar-refractivity contribution in [3.8, 4) is 11.6 Å². The average molecular weight is 189 g/mol. The summed E-state index contributed by atoms with van der Waals surface area (Å²) in [5, 5.41) is 9.73. The Hall–Kier alpha value is -2.17. The highest BCUT2D eigenvalue weighted by Gasteiger charge is 1.99. The summed E-state index contributed by atoms with van der Waals surface area (Å²) in [4.78, 5) is 10.5. The Morgan fingerprint density at radius 3 is 3.07 bits per heavy atom. The summed E-state index contributed by atoms with van der Waals surface area (Å²) in [5.74, 6) is 0.927. The molecule has 0 unspecified atom stereocenters. The molecule has 0 spiro atoms. The molecule has 0 radical (unpaired) electrons. The van der Waals surface area contributed by atoms with Crippen LogP contribution in [0.1, 0.15) is 10.4 Å². The summed E-state index contributed by atoms with van der Waals surface area (Å²) >= 11 is 0. The molecule has 1 heterocycles. The summed E-state index contributed by atoms with van der Waals surface area (Å²) < 4.78 is 5.30. The van der Waals surface area contributed by atoms with Crippen LogP contribution in [-0.4, -0.2) is 21.7 Å². The number of aromatic amines is 1. The Morgan fingerprint density at radius 2 is 2.36 bits per heavy atom. The number of carbonyl (C=O) groups is 1. The van der Waals surface area contributed by atoms with E-state index in [0.29, 0.717) is 17.2 Å². The first-order valence-corrected chi connectivity index (χ1v) is 3.97. The lowest BCUT2D eigenvalue weighted by Gasteiger charge is -2.00. The molecule has 0 atom stereocenters. The maximum absolute atomic E-state index is 10.5. The standard InChI is InChI=1S/C9H7N3O2/c13-6-7-2-1-3-8(4-7)14-9-5-10-12-11-9/h1-6H,(H,10,11,12). The molecule has 0 aliphatic carbocycles.